The summed E-state index contributed by atoms with van der Waals surface area (Å²) in [7, 11) is 0. The van der Waals surface area contributed by atoms with Gasteiger partial charge in [-0.05, 0) is 61.8 Å². The molecule has 1 fully saturated rings. The molecule has 1 N–H and O–H groups in total. The number of halogens is 1. The lowest BCUT2D eigenvalue weighted by molar-refractivity contribution is 0.200. The third-order valence-corrected chi connectivity index (χ3v) is 5.01. The molecule has 1 aliphatic rings. The molecule has 106 valence electrons. The van der Waals surface area contributed by atoms with Crippen molar-refractivity contribution >= 4 is 15.9 Å². The first-order valence-corrected chi connectivity index (χ1v) is 8.50. The molecule has 2 rings (SSSR count). The first-order valence-electron chi connectivity index (χ1n) is 7.70. The van der Waals surface area contributed by atoms with Crippen LogP contribution >= 0.6 is 15.9 Å². The molecule has 19 heavy (non-hydrogen) atoms. The van der Waals surface area contributed by atoms with E-state index in [9.17, 15) is 0 Å². The largest absolute Gasteiger partial charge is 0.314 e. The molecule has 3 unspecified atom stereocenters. The molecule has 0 aliphatic heterocycles. The molecule has 1 aromatic carbocycles. The van der Waals surface area contributed by atoms with E-state index in [0.29, 0.717) is 6.04 Å². The maximum absolute atomic E-state index is 3.70. The number of hydrogen-bond donors (Lipinski definition) is 1. The Kier molecular flexibility index (Phi) is 5.90. The molecule has 1 aromatic rings. The monoisotopic (exact) mass is 323 g/mol. The second-order valence-electron chi connectivity index (χ2n) is 5.85. The van der Waals surface area contributed by atoms with Gasteiger partial charge in [0.25, 0.3) is 0 Å². The second kappa shape index (κ2) is 7.44. The van der Waals surface area contributed by atoms with Gasteiger partial charge in [-0.2, -0.15) is 0 Å². The predicted molar refractivity (Wildman–Crippen MR) is 86.4 cm³/mol. The minimum absolute atomic E-state index is 0.715. The third kappa shape index (κ3) is 4.32. The number of nitrogens with one attached hydrogen (secondary N) is 1. The van der Waals surface area contributed by atoms with Crippen molar-refractivity contribution in [2.45, 2.75) is 52.0 Å². The van der Waals surface area contributed by atoms with Gasteiger partial charge in [0.1, 0.15) is 0 Å². The summed E-state index contributed by atoms with van der Waals surface area (Å²) < 4.78 is 1.20. The van der Waals surface area contributed by atoms with Crippen molar-refractivity contribution in [3.8, 4) is 0 Å². The van der Waals surface area contributed by atoms with Crippen LogP contribution in [0.4, 0.5) is 0 Å². The van der Waals surface area contributed by atoms with Crippen molar-refractivity contribution in [3.05, 3.63) is 34.3 Å². The Morgan fingerprint density at radius 2 is 2.11 bits per heavy atom. The van der Waals surface area contributed by atoms with E-state index < -0.39 is 0 Å². The number of hydrogen-bond acceptors (Lipinski definition) is 1. The summed E-state index contributed by atoms with van der Waals surface area (Å²) in [6, 6.07) is 9.52. The first-order chi connectivity index (χ1) is 9.22. The lowest BCUT2D eigenvalue weighted by atomic mass is 9.74. The quantitative estimate of drug-likeness (QED) is 0.821. The zero-order valence-corrected chi connectivity index (χ0v) is 13.7. The van der Waals surface area contributed by atoms with Crippen molar-refractivity contribution in [2.24, 2.45) is 11.8 Å². The lowest BCUT2D eigenvalue weighted by Crippen LogP contribution is -2.41. The van der Waals surface area contributed by atoms with E-state index in [1.54, 1.807) is 0 Å². The minimum atomic E-state index is 0.715. The topological polar surface area (TPSA) is 12.0 Å². The van der Waals surface area contributed by atoms with Crippen molar-refractivity contribution < 1.29 is 0 Å². The average Bonchev–Trinajstić information content (AvgIpc) is 2.41. The van der Waals surface area contributed by atoms with Crippen LogP contribution in [-0.4, -0.2) is 12.6 Å². The van der Waals surface area contributed by atoms with Crippen molar-refractivity contribution in [1.82, 2.24) is 5.32 Å². The SMILES string of the molecule is CCNC1CCC(CC)CC1Cc1cccc(Br)c1. The Morgan fingerprint density at radius 3 is 2.79 bits per heavy atom. The van der Waals surface area contributed by atoms with Crippen LogP contribution in [0.3, 0.4) is 0 Å². The number of rotatable bonds is 5. The Labute approximate surface area is 126 Å². The van der Waals surface area contributed by atoms with Gasteiger partial charge >= 0.3 is 0 Å². The predicted octanol–water partition coefficient (Wildman–Crippen LogP) is 4.80. The normalized spacial score (nSPS) is 27.4. The van der Waals surface area contributed by atoms with E-state index >= 15 is 0 Å². The van der Waals surface area contributed by atoms with Crippen LogP contribution in [0.15, 0.2) is 28.7 Å². The Bertz CT molecular complexity index is 391. The van der Waals surface area contributed by atoms with Crippen LogP contribution in [0, 0.1) is 11.8 Å². The molecule has 1 saturated carbocycles. The van der Waals surface area contributed by atoms with Crippen LogP contribution in [0.2, 0.25) is 0 Å². The Hall–Kier alpha value is -0.340. The summed E-state index contributed by atoms with van der Waals surface area (Å²) in [6.45, 7) is 5.66. The van der Waals surface area contributed by atoms with E-state index in [-0.39, 0.29) is 0 Å². The maximum atomic E-state index is 3.70. The van der Waals surface area contributed by atoms with Crippen LogP contribution in [0.5, 0.6) is 0 Å². The molecule has 0 spiro atoms. The highest BCUT2D eigenvalue weighted by Crippen LogP contribution is 2.33. The molecule has 0 aromatic heterocycles. The lowest BCUT2D eigenvalue weighted by Gasteiger charge is -2.36. The summed E-state index contributed by atoms with van der Waals surface area (Å²) >= 11 is 3.58. The van der Waals surface area contributed by atoms with E-state index in [4.69, 9.17) is 0 Å². The standard InChI is InChI=1S/C17H26BrN/c1-3-13-8-9-17(19-4-2)15(10-13)11-14-6-5-7-16(18)12-14/h5-7,12-13,15,17,19H,3-4,8-11H2,1-2H3. The smallest absolute Gasteiger partial charge is 0.0177 e. The van der Waals surface area contributed by atoms with Crippen molar-refractivity contribution in [1.29, 1.82) is 0 Å². The molecule has 2 heteroatoms. The van der Waals surface area contributed by atoms with Gasteiger partial charge in [-0.3, -0.25) is 0 Å². The van der Waals surface area contributed by atoms with Crippen LogP contribution in [-0.2, 0) is 6.42 Å². The molecular weight excluding hydrogens is 298 g/mol. The fourth-order valence-corrected chi connectivity index (χ4v) is 3.90. The molecule has 0 heterocycles. The molecule has 0 saturated heterocycles. The van der Waals surface area contributed by atoms with Crippen LogP contribution in [0.1, 0.15) is 45.1 Å². The molecule has 0 amide bonds. The average molecular weight is 324 g/mol. The first kappa shape index (κ1) is 15.1. The molecule has 1 nitrogen and oxygen atoms in total. The van der Waals surface area contributed by atoms with Gasteiger partial charge in [-0.15, -0.1) is 0 Å². The van der Waals surface area contributed by atoms with Gasteiger partial charge in [-0.1, -0.05) is 48.3 Å². The van der Waals surface area contributed by atoms with Gasteiger partial charge in [0.05, 0.1) is 0 Å². The van der Waals surface area contributed by atoms with E-state index in [0.717, 1.165) is 18.4 Å². The van der Waals surface area contributed by atoms with E-state index in [1.165, 1.54) is 42.1 Å². The molecule has 3 atom stereocenters. The molecule has 0 bridgehead atoms. The molecule has 1 aliphatic carbocycles. The maximum Gasteiger partial charge on any atom is 0.0177 e. The van der Waals surface area contributed by atoms with Gasteiger partial charge < -0.3 is 5.32 Å². The summed E-state index contributed by atoms with van der Waals surface area (Å²) in [5.41, 5.74) is 1.47. The third-order valence-electron chi connectivity index (χ3n) is 4.52. The molecular formula is C17H26BrN. The van der Waals surface area contributed by atoms with Crippen molar-refractivity contribution in [2.75, 3.05) is 6.54 Å². The van der Waals surface area contributed by atoms with E-state index in [2.05, 4.69) is 59.4 Å². The van der Waals surface area contributed by atoms with Gasteiger partial charge in [0.15, 0.2) is 0 Å². The van der Waals surface area contributed by atoms with Crippen molar-refractivity contribution in [3.63, 3.8) is 0 Å². The Balaban J connectivity index is 2.04. The summed E-state index contributed by atoms with van der Waals surface area (Å²) in [4.78, 5) is 0. The zero-order chi connectivity index (χ0) is 13.7. The second-order valence-corrected chi connectivity index (χ2v) is 6.76. The molecule has 0 radical (unpaired) electrons. The van der Waals surface area contributed by atoms with E-state index in [1.807, 2.05) is 0 Å². The minimum Gasteiger partial charge on any atom is -0.314 e. The fraction of sp³-hybridized carbons (Fsp3) is 0.647. The van der Waals surface area contributed by atoms with Crippen LogP contribution in [0.25, 0.3) is 0 Å². The highest BCUT2D eigenvalue weighted by molar-refractivity contribution is 9.10. The van der Waals surface area contributed by atoms with Gasteiger partial charge in [0.2, 0.25) is 0 Å². The van der Waals surface area contributed by atoms with Gasteiger partial charge in [0, 0.05) is 10.5 Å². The summed E-state index contributed by atoms with van der Waals surface area (Å²) in [6.07, 6.45) is 6.70. The van der Waals surface area contributed by atoms with Crippen LogP contribution < -0.4 is 5.32 Å². The Morgan fingerprint density at radius 1 is 1.26 bits per heavy atom. The zero-order valence-electron chi connectivity index (χ0n) is 12.2. The highest BCUT2D eigenvalue weighted by atomic mass is 79.9. The summed E-state index contributed by atoms with van der Waals surface area (Å²) in [5.74, 6) is 1.74. The number of benzene rings is 1. The van der Waals surface area contributed by atoms with Gasteiger partial charge in [-0.25, -0.2) is 0 Å². The highest BCUT2D eigenvalue weighted by Gasteiger charge is 2.29. The fourth-order valence-electron chi connectivity index (χ4n) is 3.46. The summed E-state index contributed by atoms with van der Waals surface area (Å²) in [5, 5.41) is 3.70.